The van der Waals surface area contributed by atoms with E-state index in [1.54, 1.807) is 34.6 Å². The van der Waals surface area contributed by atoms with Gasteiger partial charge in [-0.05, 0) is 31.2 Å². The number of fused-ring (bicyclic) bond motifs is 1. The van der Waals surface area contributed by atoms with Crippen molar-refractivity contribution in [3.63, 3.8) is 0 Å². The largest absolute Gasteiger partial charge is 0.328 e. The van der Waals surface area contributed by atoms with Gasteiger partial charge in [-0.2, -0.15) is 5.26 Å². The van der Waals surface area contributed by atoms with Crippen molar-refractivity contribution in [2.75, 3.05) is 5.32 Å². The third kappa shape index (κ3) is 2.98. The highest BCUT2D eigenvalue weighted by atomic mass is 32.1. The molecule has 108 valence electrons. The number of nitrogens with zero attached hydrogens (tertiary/aromatic N) is 3. The average Bonchev–Trinajstić information content (AvgIpc) is 3.01. The number of hydrogen-bond donors (Lipinski definition) is 1. The fourth-order valence-electron chi connectivity index (χ4n) is 2.66. The van der Waals surface area contributed by atoms with Crippen molar-refractivity contribution in [1.29, 1.82) is 5.26 Å². The minimum atomic E-state index is -0.124. The summed E-state index contributed by atoms with van der Waals surface area (Å²) in [6.07, 6.45) is 10.5. The van der Waals surface area contributed by atoms with Gasteiger partial charge >= 0.3 is 0 Å². The van der Waals surface area contributed by atoms with Gasteiger partial charge in [0.25, 0.3) is 0 Å². The van der Waals surface area contributed by atoms with Crippen molar-refractivity contribution in [3.8, 4) is 6.07 Å². The van der Waals surface area contributed by atoms with Crippen molar-refractivity contribution in [3.05, 3.63) is 34.7 Å². The van der Waals surface area contributed by atoms with Gasteiger partial charge < -0.3 is 9.88 Å². The van der Waals surface area contributed by atoms with Crippen molar-refractivity contribution < 1.29 is 4.79 Å². The summed E-state index contributed by atoms with van der Waals surface area (Å²) in [6, 6.07) is 2.27. The lowest BCUT2D eigenvalue weighted by molar-refractivity contribution is -0.116. The summed E-state index contributed by atoms with van der Waals surface area (Å²) in [5.41, 5.74) is 1.81. The summed E-state index contributed by atoms with van der Waals surface area (Å²) in [5, 5.41) is 13.0. The van der Waals surface area contributed by atoms with Gasteiger partial charge in [0.2, 0.25) is 5.91 Å². The molecule has 0 aliphatic heterocycles. The molecule has 1 amide bonds. The third-order valence-electron chi connectivity index (χ3n) is 3.67. The highest BCUT2D eigenvalue weighted by Gasteiger charge is 2.20. The lowest BCUT2D eigenvalue weighted by Crippen LogP contribution is -2.17. The van der Waals surface area contributed by atoms with E-state index in [1.807, 2.05) is 0 Å². The van der Waals surface area contributed by atoms with E-state index in [2.05, 4.69) is 16.4 Å². The standard InChI is InChI=1S/C15H16N4OS/c16-8-12-11-4-2-1-3-5-13(11)21-15(12)18-14(20)9-19-7-6-17-10-19/h6-7,10H,1-5,9H2,(H,18,20). The minimum Gasteiger partial charge on any atom is -0.328 e. The van der Waals surface area contributed by atoms with Gasteiger partial charge in [0.1, 0.15) is 17.6 Å². The summed E-state index contributed by atoms with van der Waals surface area (Å²) in [7, 11) is 0. The number of nitriles is 1. The number of nitrogens with one attached hydrogen (secondary N) is 1. The zero-order valence-corrected chi connectivity index (χ0v) is 12.4. The lowest BCUT2D eigenvalue weighted by atomic mass is 10.1. The monoisotopic (exact) mass is 300 g/mol. The van der Waals surface area contributed by atoms with Gasteiger partial charge in [0.05, 0.1) is 11.9 Å². The number of aryl methyl sites for hydroxylation is 1. The van der Waals surface area contributed by atoms with Crippen LogP contribution in [0.4, 0.5) is 5.00 Å². The SMILES string of the molecule is N#Cc1c(NC(=O)Cn2ccnc2)sc2c1CCCCC2. The van der Waals surface area contributed by atoms with Crippen LogP contribution in [-0.2, 0) is 24.2 Å². The van der Waals surface area contributed by atoms with Gasteiger partial charge in [0.15, 0.2) is 0 Å². The number of rotatable bonds is 3. The molecule has 1 aliphatic carbocycles. The third-order valence-corrected chi connectivity index (χ3v) is 4.88. The van der Waals surface area contributed by atoms with Crippen LogP contribution >= 0.6 is 11.3 Å². The molecular weight excluding hydrogens is 284 g/mol. The van der Waals surface area contributed by atoms with Crippen LogP contribution in [0.25, 0.3) is 0 Å². The second kappa shape index (κ2) is 6.10. The number of anilines is 1. The Hall–Kier alpha value is -2.13. The number of carbonyl (C=O) groups is 1. The molecular formula is C15H16N4OS. The Morgan fingerprint density at radius 3 is 3.05 bits per heavy atom. The summed E-state index contributed by atoms with van der Waals surface area (Å²) in [4.78, 5) is 17.2. The molecule has 1 aliphatic rings. The van der Waals surface area contributed by atoms with Crippen molar-refractivity contribution in [1.82, 2.24) is 9.55 Å². The van der Waals surface area contributed by atoms with Crippen LogP contribution in [0.1, 0.15) is 35.3 Å². The molecule has 21 heavy (non-hydrogen) atoms. The number of amides is 1. The Morgan fingerprint density at radius 1 is 1.43 bits per heavy atom. The highest BCUT2D eigenvalue weighted by Crippen LogP contribution is 2.36. The summed E-state index contributed by atoms with van der Waals surface area (Å²) in [5.74, 6) is -0.124. The van der Waals surface area contributed by atoms with Crippen molar-refractivity contribution in [2.24, 2.45) is 0 Å². The van der Waals surface area contributed by atoms with Crippen LogP contribution in [0, 0.1) is 11.3 Å². The Balaban J connectivity index is 1.79. The molecule has 0 spiro atoms. The smallest absolute Gasteiger partial charge is 0.244 e. The van der Waals surface area contributed by atoms with Gasteiger partial charge in [-0.1, -0.05) is 6.42 Å². The fraction of sp³-hybridized carbons (Fsp3) is 0.400. The van der Waals surface area contributed by atoms with Gasteiger partial charge in [-0.3, -0.25) is 4.79 Å². The molecule has 0 atom stereocenters. The Morgan fingerprint density at radius 2 is 2.29 bits per heavy atom. The normalized spacial score (nSPS) is 14.0. The fourth-order valence-corrected chi connectivity index (χ4v) is 3.92. The summed E-state index contributed by atoms with van der Waals surface area (Å²) < 4.78 is 1.71. The van der Waals surface area contributed by atoms with Gasteiger partial charge in [0, 0.05) is 17.3 Å². The van der Waals surface area contributed by atoms with Crippen LogP contribution in [0.5, 0.6) is 0 Å². The van der Waals surface area contributed by atoms with Crippen molar-refractivity contribution in [2.45, 2.75) is 38.6 Å². The molecule has 0 saturated heterocycles. The van der Waals surface area contributed by atoms with E-state index >= 15 is 0 Å². The predicted molar refractivity (Wildman–Crippen MR) is 81.1 cm³/mol. The molecule has 1 N–H and O–H groups in total. The van der Waals surface area contributed by atoms with E-state index in [1.165, 1.54) is 17.7 Å². The number of hydrogen-bond acceptors (Lipinski definition) is 4. The molecule has 0 bridgehead atoms. The first-order chi connectivity index (χ1) is 10.3. The van der Waals surface area contributed by atoms with E-state index in [-0.39, 0.29) is 12.5 Å². The van der Waals surface area contributed by atoms with E-state index in [0.717, 1.165) is 24.8 Å². The van der Waals surface area contributed by atoms with Gasteiger partial charge in [-0.15, -0.1) is 11.3 Å². The molecule has 5 nitrogen and oxygen atoms in total. The number of imidazole rings is 1. The maximum absolute atomic E-state index is 12.1. The molecule has 2 aromatic rings. The van der Waals surface area contributed by atoms with E-state index < -0.39 is 0 Å². The van der Waals surface area contributed by atoms with E-state index in [0.29, 0.717) is 10.6 Å². The lowest BCUT2D eigenvalue weighted by Gasteiger charge is -2.04. The van der Waals surface area contributed by atoms with E-state index in [4.69, 9.17) is 0 Å². The Labute approximate surface area is 127 Å². The first-order valence-electron chi connectivity index (χ1n) is 7.08. The Bertz CT molecular complexity index is 681. The van der Waals surface area contributed by atoms with Crippen LogP contribution in [0.3, 0.4) is 0 Å². The minimum absolute atomic E-state index is 0.124. The molecule has 0 unspecified atom stereocenters. The van der Waals surface area contributed by atoms with E-state index in [9.17, 15) is 10.1 Å². The number of aromatic nitrogens is 2. The zero-order chi connectivity index (χ0) is 14.7. The van der Waals surface area contributed by atoms with Crippen LogP contribution in [0.15, 0.2) is 18.7 Å². The van der Waals surface area contributed by atoms with Crippen LogP contribution in [0.2, 0.25) is 0 Å². The predicted octanol–water partition coefficient (Wildman–Crippen LogP) is 2.72. The second-order valence-corrected chi connectivity index (χ2v) is 6.27. The molecule has 2 aromatic heterocycles. The number of thiophene rings is 1. The highest BCUT2D eigenvalue weighted by molar-refractivity contribution is 7.16. The molecule has 6 heteroatoms. The van der Waals surface area contributed by atoms with Crippen LogP contribution < -0.4 is 5.32 Å². The second-order valence-electron chi connectivity index (χ2n) is 5.16. The maximum Gasteiger partial charge on any atom is 0.244 e. The summed E-state index contributed by atoms with van der Waals surface area (Å²) in [6.45, 7) is 0.216. The topological polar surface area (TPSA) is 70.7 Å². The van der Waals surface area contributed by atoms with Crippen LogP contribution in [-0.4, -0.2) is 15.5 Å². The Kier molecular flexibility index (Phi) is 4.02. The zero-order valence-electron chi connectivity index (χ0n) is 11.6. The average molecular weight is 300 g/mol. The first kappa shape index (κ1) is 13.8. The summed E-state index contributed by atoms with van der Waals surface area (Å²) >= 11 is 1.56. The van der Waals surface area contributed by atoms with Crippen molar-refractivity contribution >= 4 is 22.2 Å². The quantitative estimate of drug-likeness (QED) is 0.886. The molecule has 3 rings (SSSR count). The molecule has 0 saturated carbocycles. The molecule has 0 fully saturated rings. The molecule has 0 radical (unpaired) electrons. The number of carbonyl (C=O) groups excluding carboxylic acids is 1. The van der Waals surface area contributed by atoms with Gasteiger partial charge in [-0.25, -0.2) is 4.98 Å². The maximum atomic E-state index is 12.1. The molecule has 0 aromatic carbocycles. The first-order valence-corrected chi connectivity index (χ1v) is 7.90. The molecule has 2 heterocycles.